The molecule has 3 aromatic rings. The van der Waals surface area contributed by atoms with Gasteiger partial charge in [-0.3, -0.25) is 13.9 Å². The molecule has 7 nitrogen and oxygen atoms in total. The topological polar surface area (TPSA) is 71.1 Å². The van der Waals surface area contributed by atoms with Crippen molar-refractivity contribution < 1.29 is 4.74 Å². The molecule has 0 fully saturated rings. The Balaban J connectivity index is 1.67. The number of imidazole rings is 1. The normalized spacial score (nSPS) is 11.3. The average molecular weight is 409 g/mol. The number of aryl methyl sites for hydroxylation is 2. The molecular formula is C18H21ClN4O3S. The fourth-order valence-electron chi connectivity index (χ4n) is 2.96. The van der Waals surface area contributed by atoms with Crippen molar-refractivity contribution >= 4 is 34.5 Å². The predicted octanol–water partition coefficient (Wildman–Crippen LogP) is 2.42. The minimum absolute atomic E-state index is 0.297. The maximum absolute atomic E-state index is 12.6. The number of nitrogens with zero attached hydrogens (tertiary/aromatic N) is 4. The van der Waals surface area contributed by atoms with E-state index in [1.54, 1.807) is 49.9 Å². The molecule has 0 N–H and O–H groups in total. The van der Waals surface area contributed by atoms with Gasteiger partial charge in [0.2, 0.25) is 0 Å². The predicted molar refractivity (Wildman–Crippen MR) is 109 cm³/mol. The summed E-state index contributed by atoms with van der Waals surface area (Å²) in [6, 6.07) is 5.54. The van der Waals surface area contributed by atoms with Crippen LogP contribution >= 0.6 is 23.4 Å². The molecule has 144 valence electrons. The molecule has 0 unspecified atom stereocenters. The van der Waals surface area contributed by atoms with E-state index < -0.39 is 0 Å². The number of thioether (sulfide) groups is 1. The first-order valence-corrected chi connectivity index (χ1v) is 9.98. The SMILES string of the molecule is COc1ccc(Cl)cc1CSCCCn1c(=O)c2c(ncn2C)n(C)c1=O. The van der Waals surface area contributed by atoms with Crippen LogP contribution in [0.5, 0.6) is 5.75 Å². The van der Waals surface area contributed by atoms with Gasteiger partial charge < -0.3 is 9.30 Å². The van der Waals surface area contributed by atoms with Crippen molar-refractivity contribution in [3.63, 3.8) is 0 Å². The zero-order valence-corrected chi connectivity index (χ0v) is 17.0. The summed E-state index contributed by atoms with van der Waals surface area (Å²) >= 11 is 7.76. The van der Waals surface area contributed by atoms with Crippen LogP contribution in [0.15, 0.2) is 34.1 Å². The van der Waals surface area contributed by atoms with E-state index in [9.17, 15) is 9.59 Å². The molecule has 0 aliphatic carbocycles. The second kappa shape index (κ2) is 8.22. The van der Waals surface area contributed by atoms with Gasteiger partial charge in [-0.05, 0) is 30.4 Å². The number of methoxy groups -OCH3 is 1. The van der Waals surface area contributed by atoms with Gasteiger partial charge in [0, 0.05) is 37.0 Å². The van der Waals surface area contributed by atoms with E-state index >= 15 is 0 Å². The van der Waals surface area contributed by atoms with Crippen LogP contribution in [0.25, 0.3) is 11.2 Å². The highest BCUT2D eigenvalue weighted by atomic mass is 35.5. The lowest BCUT2D eigenvalue weighted by Gasteiger charge is -2.10. The van der Waals surface area contributed by atoms with E-state index in [1.165, 1.54) is 9.13 Å². The molecular weight excluding hydrogens is 388 g/mol. The van der Waals surface area contributed by atoms with Crippen molar-refractivity contribution in [2.45, 2.75) is 18.7 Å². The maximum Gasteiger partial charge on any atom is 0.332 e. The van der Waals surface area contributed by atoms with Crippen molar-refractivity contribution in [1.29, 1.82) is 0 Å². The Bertz CT molecular complexity index is 1090. The van der Waals surface area contributed by atoms with E-state index in [2.05, 4.69) is 4.98 Å². The first-order valence-electron chi connectivity index (χ1n) is 8.45. The van der Waals surface area contributed by atoms with Crippen LogP contribution in [0.1, 0.15) is 12.0 Å². The average Bonchev–Trinajstić information content (AvgIpc) is 3.04. The molecule has 2 aromatic heterocycles. The number of rotatable bonds is 7. The standard InChI is InChI=1S/C18H21ClN4O3S/c1-21-11-20-16-15(21)17(24)23(18(25)22(16)2)7-4-8-27-10-12-9-13(19)5-6-14(12)26-3/h5-6,9,11H,4,7-8,10H2,1-3H3. The highest BCUT2D eigenvalue weighted by Gasteiger charge is 2.14. The Hall–Kier alpha value is -2.19. The molecule has 1 aromatic carbocycles. The number of halogens is 1. The second-order valence-electron chi connectivity index (χ2n) is 6.19. The molecule has 0 radical (unpaired) electrons. The van der Waals surface area contributed by atoms with Crippen LogP contribution < -0.4 is 16.0 Å². The molecule has 27 heavy (non-hydrogen) atoms. The van der Waals surface area contributed by atoms with Crippen molar-refractivity contribution in [2.75, 3.05) is 12.9 Å². The van der Waals surface area contributed by atoms with Gasteiger partial charge in [0.25, 0.3) is 5.56 Å². The lowest BCUT2D eigenvalue weighted by molar-refractivity contribution is 0.411. The fourth-order valence-corrected chi connectivity index (χ4v) is 4.08. The Kier molecular flexibility index (Phi) is 5.96. The lowest BCUT2D eigenvalue weighted by Crippen LogP contribution is -2.39. The molecule has 0 atom stereocenters. The third kappa shape index (κ3) is 3.91. The van der Waals surface area contributed by atoms with E-state index in [1.807, 2.05) is 12.1 Å². The summed E-state index contributed by atoms with van der Waals surface area (Å²) < 4.78 is 9.69. The van der Waals surface area contributed by atoms with Gasteiger partial charge in [0.05, 0.1) is 13.4 Å². The van der Waals surface area contributed by atoms with Crippen LogP contribution in [0.2, 0.25) is 5.02 Å². The van der Waals surface area contributed by atoms with Gasteiger partial charge in [-0.15, -0.1) is 0 Å². The molecule has 0 aliphatic heterocycles. The molecule has 3 rings (SSSR count). The summed E-state index contributed by atoms with van der Waals surface area (Å²) in [5.41, 5.74) is 1.24. The van der Waals surface area contributed by atoms with Crippen LogP contribution in [0.3, 0.4) is 0 Å². The Morgan fingerprint density at radius 2 is 2.04 bits per heavy atom. The third-order valence-electron chi connectivity index (χ3n) is 4.37. The monoisotopic (exact) mass is 408 g/mol. The van der Waals surface area contributed by atoms with Crippen molar-refractivity contribution in [1.82, 2.24) is 18.7 Å². The quantitative estimate of drug-likeness (QED) is 0.561. The van der Waals surface area contributed by atoms with Gasteiger partial charge in [0.15, 0.2) is 11.2 Å². The molecule has 0 amide bonds. The number of hydrogen-bond donors (Lipinski definition) is 0. The van der Waals surface area contributed by atoms with Crippen molar-refractivity contribution in [2.24, 2.45) is 14.1 Å². The van der Waals surface area contributed by atoms with Crippen LogP contribution in [0.4, 0.5) is 0 Å². The van der Waals surface area contributed by atoms with E-state index in [4.69, 9.17) is 16.3 Å². The zero-order chi connectivity index (χ0) is 19.6. The van der Waals surface area contributed by atoms with Gasteiger partial charge in [0.1, 0.15) is 5.75 Å². The van der Waals surface area contributed by atoms with E-state index in [0.717, 1.165) is 22.8 Å². The third-order valence-corrected chi connectivity index (χ3v) is 5.70. The first-order chi connectivity index (χ1) is 12.9. The largest absolute Gasteiger partial charge is 0.496 e. The van der Waals surface area contributed by atoms with Gasteiger partial charge >= 0.3 is 5.69 Å². The van der Waals surface area contributed by atoms with Crippen molar-refractivity contribution in [3.8, 4) is 5.75 Å². The van der Waals surface area contributed by atoms with Crippen LogP contribution in [0, 0.1) is 0 Å². The van der Waals surface area contributed by atoms with Crippen molar-refractivity contribution in [3.05, 3.63) is 56.0 Å². The summed E-state index contributed by atoms with van der Waals surface area (Å²) in [7, 11) is 5.02. The summed E-state index contributed by atoms with van der Waals surface area (Å²) in [5.74, 6) is 2.35. The summed E-state index contributed by atoms with van der Waals surface area (Å²) in [5, 5.41) is 0.672. The fraction of sp³-hybridized carbons (Fsp3) is 0.389. The minimum Gasteiger partial charge on any atom is -0.496 e. The summed E-state index contributed by atoms with van der Waals surface area (Å²) in [4.78, 5) is 29.2. The van der Waals surface area contributed by atoms with E-state index in [-0.39, 0.29) is 11.2 Å². The molecule has 2 heterocycles. The molecule has 0 spiro atoms. The molecule has 9 heteroatoms. The Morgan fingerprint density at radius 1 is 1.26 bits per heavy atom. The molecule has 0 bridgehead atoms. The minimum atomic E-state index is -0.340. The number of fused-ring (bicyclic) bond motifs is 1. The summed E-state index contributed by atoms with van der Waals surface area (Å²) in [6.45, 7) is 0.367. The molecule has 0 aliphatic rings. The number of hydrogen-bond acceptors (Lipinski definition) is 5. The van der Waals surface area contributed by atoms with Gasteiger partial charge in [-0.25, -0.2) is 9.78 Å². The first kappa shape index (κ1) is 19.6. The molecule has 0 saturated heterocycles. The molecule has 0 saturated carbocycles. The zero-order valence-electron chi connectivity index (χ0n) is 15.4. The van der Waals surface area contributed by atoms with Gasteiger partial charge in [-0.1, -0.05) is 11.6 Å². The number of ether oxygens (including phenoxy) is 1. The highest BCUT2D eigenvalue weighted by Crippen LogP contribution is 2.26. The number of aromatic nitrogens is 4. The highest BCUT2D eigenvalue weighted by molar-refractivity contribution is 7.98. The summed E-state index contributed by atoms with van der Waals surface area (Å²) in [6.07, 6.45) is 2.25. The van der Waals surface area contributed by atoms with E-state index in [0.29, 0.717) is 29.2 Å². The number of benzene rings is 1. The van der Waals surface area contributed by atoms with Crippen LogP contribution in [-0.2, 0) is 26.4 Å². The Labute approximate surface area is 165 Å². The lowest BCUT2D eigenvalue weighted by atomic mass is 10.2. The van der Waals surface area contributed by atoms with Gasteiger partial charge in [-0.2, -0.15) is 11.8 Å². The smallest absolute Gasteiger partial charge is 0.332 e. The van der Waals surface area contributed by atoms with Crippen LogP contribution in [-0.4, -0.2) is 31.5 Å². The maximum atomic E-state index is 12.6. The Morgan fingerprint density at radius 3 is 2.78 bits per heavy atom. The second-order valence-corrected chi connectivity index (χ2v) is 7.73.